The molecule has 0 saturated carbocycles. The molecule has 1 fully saturated rings. The smallest absolute Gasteiger partial charge is 0.490 e. The van der Waals surface area contributed by atoms with Crippen LogP contribution in [-0.4, -0.2) is 26.8 Å². The molecule has 0 radical (unpaired) electrons. The van der Waals surface area contributed by atoms with Crippen molar-refractivity contribution in [2.45, 2.75) is 12.8 Å². The molecule has 0 aromatic heterocycles. The fraction of sp³-hybridized carbons (Fsp3) is 0.500. The van der Waals surface area contributed by atoms with Gasteiger partial charge in [-0.1, -0.05) is 6.07 Å². The van der Waals surface area contributed by atoms with E-state index in [1.54, 1.807) is 0 Å². The third-order valence-electron chi connectivity index (χ3n) is 3.15. The standard InChI is InChI=1S/C12H14BF4O2.K/c14-11-2-1-10(13(15,16)17)7-12(11)19-8-9-3-5-18-6-4-9;/h1-2,7,9H,3-6,8H2;/q-1;+1. The van der Waals surface area contributed by atoms with E-state index in [0.717, 1.165) is 31.0 Å². The summed E-state index contributed by atoms with van der Waals surface area (Å²) in [5.41, 5.74) is -0.844. The van der Waals surface area contributed by atoms with Crippen LogP contribution in [0.2, 0.25) is 0 Å². The van der Waals surface area contributed by atoms with Gasteiger partial charge in [0.2, 0.25) is 0 Å². The van der Waals surface area contributed by atoms with Crippen LogP contribution < -0.4 is 61.6 Å². The second-order valence-electron chi connectivity index (χ2n) is 4.63. The molecule has 1 aromatic rings. The van der Waals surface area contributed by atoms with Gasteiger partial charge >= 0.3 is 58.4 Å². The Morgan fingerprint density at radius 2 is 1.85 bits per heavy atom. The van der Waals surface area contributed by atoms with E-state index in [4.69, 9.17) is 9.47 Å². The fourth-order valence-corrected chi connectivity index (χ4v) is 1.95. The van der Waals surface area contributed by atoms with Crippen LogP contribution in [0.15, 0.2) is 18.2 Å². The van der Waals surface area contributed by atoms with Gasteiger partial charge in [-0.2, -0.15) is 0 Å². The van der Waals surface area contributed by atoms with Crippen LogP contribution in [0, 0.1) is 11.7 Å². The average molecular weight is 316 g/mol. The molecule has 8 heteroatoms. The Labute approximate surface area is 157 Å². The van der Waals surface area contributed by atoms with Gasteiger partial charge in [0.25, 0.3) is 0 Å². The average Bonchev–Trinajstić information content (AvgIpc) is 2.37. The molecule has 2 nitrogen and oxygen atoms in total. The molecule has 2 rings (SSSR count). The van der Waals surface area contributed by atoms with Gasteiger partial charge in [-0.3, -0.25) is 0 Å². The zero-order chi connectivity index (χ0) is 13.9. The summed E-state index contributed by atoms with van der Waals surface area (Å²) in [6.45, 7) is -3.69. The van der Waals surface area contributed by atoms with Crippen molar-refractivity contribution in [3.63, 3.8) is 0 Å². The minimum absolute atomic E-state index is 0. The van der Waals surface area contributed by atoms with Crippen LogP contribution in [0.3, 0.4) is 0 Å². The van der Waals surface area contributed by atoms with E-state index in [1.807, 2.05) is 0 Å². The molecule has 0 amide bonds. The number of ether oxygens (including phenoxy) is 2. The van der Waals surface area contributed by atoms with Crippen molar-refractivity contribution in [1.29, 1.82) is 0 Å². The zero-order valence-electron chi connectivity index (χ0n) is 11.3. The molecule has 1 aliphatic rings. The third-order valence-corrected chi connectivity index (χ3v) is 3.15. The van der Waals surface area contributed by atoms with E-state index >= 15 is 0 Å². The molecular formula is C12H14BF4KO2. The quantitative estimate of drug-likeness (QED) is 0.560. The fourth-order valence-electron chi connectivity index (χ4n) is 1.95. The number of hydrogen-bond acceptors (Lipinski definition) is 2. The Hall–Kier alpha value is 0.401. The Bertz CT molecular complexity index is 436. The van der Waals surface area contributed by atoms with E-state index in [2.05, 4.69) is 0 Å². The summed E-state index contributed by atoms with van der Waals surface area (Å²) in [4.78, 5) is 0. The maximum absolute atomic E-state index is 13.4. The topological polar surface area (TPSA) is 18.5 Å². The molecule has 0 N–H and O–H groups in total. The van der Waals surface area contributed by atoms with Crippen molar-refractivity contribution < 1.29 is 78.2 Å². The number of rotatable bonds is 4. The Balaban J connectivity index is 0.00000200. The van der Waals surface area contributed by atoms with E-state index in [0.29, 0.717) is 13.2 Å². The molecule has 1 aromatic carbocycles. The van der Waals surface area contributed by atoms with Crippen LogP contribution in [0.4, 0.5) is 17.3 Å². The summed E-state index contributed by atoms with van der Waals surface area (Å²) >= 11 is 0. The molecule has 0 atom stereocenters. The number of halogens is 4. The Morgan fingerprint density at radius 3 is 2.45 bits per heavy atom. The van der Waals surface area contributed by atoms with Crippen LogP contribution in [0.25, 0.3) is 0 Å². The minimum Gasteiger partial charge on any atom is -0.490 e. The first-order valence-corrected chi connectivity index (χ1v) is 6.17. The van der Waals surface area contributed by atoms with E-state index < -0.39 is 18.3 Å². The van der Waals surface area contributed by atoms with Crippen molar-refractivity contribution in [2.24, 2.45) is 5.92 Å². The molecule has 0 unspecified atom stereocenters. The van der Waals surface area contributed by atoms with Crippen molar-refractivity contribution in [3.8, 4) is 5.75 Å². The summed E-state index contributed by atoms with van der Waals surface area (Å²) in [6, 6.07) is 2.26. The van der Waals surface area contributed by atoms with E-state index in [1.165, 1.54) is 0 Å². The molecule has 106 valence electrons. The SMILES string of the molecule is Fc1ccc([B-](F)(F)F)cc1OCC1CCOCC1.[K+]. The normalized spacial score (nSPS) is 16.6. The van der Waals surface area contributed by atoms with Gasteiger partial charge in [-0.25, -0.2) is 4.39 Å². The van der Waals surface area contributed by atoms with Gasteiger partial charge in [-0.05, 0) is 30.9 Å². The van der Waals surface area contributed by atoms with Gasteiger partial charge in [0.05, 0.1) is 6.61 Å². The second-order valence-corrected chi connectivity index (χ2v) is 4.63. The molecule has 0 aliphatic carbocycles. The predicted octanol–water partition coefficient (Wildman–Crippen LogP) is -0.311. The van der Waals surface area contributed by atoms with Crippen LogP contribution in [-0.2, 0) is 4.74 Å². The van der Waals surface area contributed by atoms with E-state index in [-0.39, 0.29) is 69.7 Å². The van der Waals surface area contributed by atoms with Gasteiger partial charge in [-0.15, -0.1) is 5.46 Å². The first-order chi connectivity index (χ1) is 8.97. The summed E-state index contributed by atoms with van der Waals surface area (Å²) < 4.78 is 61.4. The second kappa shape index (κ2) is 8.14. The maximum atomic E-state index is 13.4. The summed E-state index contributed by atoms with van der Waals surface area (Å²) in [7, 11) is 0. The molecule has 1 aliphatic heterocycles. The zero-order valence-corrected chi connectivity index (χ0v) is 14.4. The first-order valence-electron chi connectivity index (χ1n) is 6.17. The Kier molecular flexibility index (Phi) is 7.51. The van der Waals surface area contributed by atoms with E-state index in [9.17, 15) is 17.3 Å². The Morgan fingerprint density at radius 1 is 1.20 bits per heavy atom. The van der Waals surface area contributed by atoms with Crippen LogP contribution in [0.1, 0.15) is 12.8 Å². The van der Waals surface area contributed by atoms with Crippen LogP contribution in [0.5, 0.6) is 5.75 Å². The van der Waals surface area contributed by atoms with Crippen molar-refractivity contribution >= 4 is 12.4 Å². The largest absolute Gasteiger partial charge is 1.00 e. The summed E-state index contributed by atoms with van der Waals surface area (Å²) in [5.74, 6) is -0.896. The number of hydrogen-bond donors (Lipinski definition) is 0. The minimum atomic E-state index is -5.14. The monoisotopic (exact) mass is 316 g/mol. The van der Waals surface area contributed by atoms with Gasteiger partial charge < -0.3 is 22.4 Å². The molecule has 20 heavy (non-hydrogen) atoms. The maximum Gasteiger partial charge on any atom is 1.00 e. The van der Waals surface area contributed by atoms with Crippen molar-refractivity contribution in [3.05, 3.63) is 24.0 Å². The van der Waals surface area contributed by atoms with Crippen molar-refractivity contribution in [1.82, 2.24) is 0 Å². The van der Waals surface area contributed by atoms with Crippen LogP contribution >= 0.6 is 0 Å². The summed E-state index contributed by atoms with van der Waals surface area (Å²) in [6.07, 6.45) is 1.56. The summed E-state index contributed by atoms with van der Waals surface area (Å²) in [5, 5.41) is 0. The molecule has 0 spiro atoms. The third kappa shape index (κ3) is 5.31. The molecule has 0 bridgehead atoms. The van der Waals surface area contributed by atoms with Gasteiger partial charge in [0.15, 0.2) is 11.6 Å². The number of benzene rings is 1. The van der Waals surface area contributed by atoms with Gasteiger partial charge in [0.1, 0.15) is 0 Å². The predicted molar refractivity (Wildman–Crippen MR) is 64.2 cm³/mol. The van der Waals surface area contributed by atoms with Gasteiger partial charge in [0, 0.05) is 13.2 Å². The first kappa shape index (κ1) is 18.5. The van der Waals surface area contributed by atoms with Crippen molar-refractivity contribution in [2.75, 3.05) is 19.8 Å². The molecule has 1 saturated heterocycles. The molecule has 1 heterocycles. The molecular weight excluding hydrogens is 302 g/mol.